The summed E-state index contributed by atoms with van der Waals surface area (Å²) >= 11 is 6.28. The Kier molecular flexibility index (Phi) is 3.66. The summed E-state index contributed by atoms with van der Waals surface area (Å²) in [6.07, 6.45) is 3.10. The van der Waals surface area contributed by atoms with Gasteiger partial charge in [-0.2, -0.15) is 9.78 Å². The molecule has 0 spiro atoms. The Bertz CT molecular complexity index is 1250. The first-order valence-electron chi connectivity index (χ1n) is 8.51. The van der Waals surface area contributed by atoms with E-state index in [9.17, 15) is 9.18 Å². The van der Waals surface area contributed by atoms with Crippen molar-refractivity contribution in [2.75, 3.05) is 5.32 Å². The minimum absolute atomic E-state index is 0.186. The Morgan fingerprint density at radius 3 is 2.96 bits per heavy atom. The highest BCUT2D eigenvalue weighted by Gasteiger charge is 2.34. The van der Waals surface area contributed by atoms with E-state index in [1.165, 1.54) is 24.8 Å². The Morgan fingerprint density at radius 2 is 2.14 bits per heavy atom. The second-order valence-corrected chi connectivity index (χ2v) is 6.94. The molecule has 8 nitrogen and oxygen atoms in total. The molecular weight excluding hydrogens is 385 g/mol. The van der Waals surface area contributed by atoms with E-state index in [-0.39, 0.29) is 23.3 Å². The van der Waals surface area contributed by atoms with Gasteiger partial charge in [0.25, 0.3) is 0 Å². The van der Waals surface area contributed by atoms with E-state index in [0.717, 1.165) is 5.56 Å². The summed E-state index contributed by atoms with van der Waals surface area (Å²) in [5, 5.41) is 7.76. The number of anilines is 1. The number of aromatic amines is 1. The lowest BCUT2D eigenvalue weighted by atomic mass is 9.86. The molecule has 0 radical (unpaired) electrons. The van der Waals surface area contributed by atoms with E-state index in [1.54, 1.807) is 10.7 Å². The Balaban J connectivity index is 1.73. The number of fused-ring (bicyclic) bond motifs is 2. The maximum absolute atomic E-state index is 13.5. The highest BCUT2D eigenvalue weighted by atomic mass is 35.5. The number of aryl methyl sites for hydroxylation is 1. The summed E-state index contributed by atoms with van der Waals surface area (Å²) in [5.74, 6) is 0.0228. The molecule has 1 atom stereocenters. The summed E-state index contributed by atoms with van der Waals surface area (Å²) in [6, 6.07) is 4.20. The third-order valence-corrected chi connectivity index (χ3v) is 5.17. The molecule has 5 rings (SSSR count). The van der Waals surface area contributed by atoms with E-state index in [1.807, 2.05) is 6.92 Å². The number of amides is 1. The van der Waals surface area contributed by atoms with Crippen molar-refractivity contribution < 1.29 is 9.18 Å². The second-order valence-electron chi connectivity index (χ2n) is 6.53. The number of hydrogen-bond donors (Lipinski definition) is 2. The summed E-state index contributed by atoms with van der Waals surface area (Å²) in [7, 11) is 0. The molecule has 3 aromatic heterocycles. The van der Waals surface area contributed by atoms with Crippen LogP contribution in [0.3, 0.4) is 0 Å². The highest BCUT2D eigenvalue weighted by molar-refractivity contribution is 6.31. The second kappa shape index (κ2) is 6.10. The van der Waals surface area contributed by atoms with Gasteiger partial charge in [0.15, 0.2) is 11.5 Å². The SMILES string of the molecule is Cc1nn(-c2ncnc3nc[nH]c23)c2c1[C@@H](c1ccc(F)cc1Cl)CC(=O)N2. The molecule has 0 saturated carbocycles. The predicted octanol–water partition coefficient (Wildman–Crippen LogP) is 3.11. The summed E-state index contributed by atoms with van der Waals surface area (Å²) in [6.45, 7) is 1.85. The van der Waals surface area contributed by atoms with Gasteiger partial charge in [-0.1, -0.05) is 17.7 Å². The van der Waals surface area contributed by atoms with Gasteiger partial charge in [-0.15, -0.1) is 0 Å². The molecule has 1 aliphatic rings. The molecule has 0 unspecified atom stereocenters. The zero-order valence-corrected chi connectivity index (χ0v) is 15.3. The van der Waals surface area contributed by atoms with Crippen LogP contribution in [-0.4, -0.2) is 35.6 Å². The highest BCUT2D eigenvalue weighted by Crippen LogP contribution is 2.42. The number of aromatic nitrogens is 6. The van der Waals surface area contributed by atoms with Crippen LogP contribution in [0, 0.1) is 12.7 Å². The van der Waals surface area contributed by atoms with Crippen molar-refractivity contribution in [3.05, 3.63) is 58.5 Å². The third-order valence-electron chi connectivity index (χ3n) is 4.84. The monoisotopic (exact) mass is 397 g/mol. The largest absolute Gasteiger partial charge is 0.340 e. The predicted molar refractivity (Wildman–Crippen MR) is 100 cm³/mol. The first-order chi connectivity index (χ1) is 13.5. The smallest absolute Gasteiger partial charge is 0.226 e. The molecule has 0 fully saturated rings. The van der Waals surface area contributed by atoms with Gasteiger partial charge in [0.2, 0.25) is 5.91 Å². The van der Waals surface area contributed by atoms with Crippen LogP contribution in [0.15, 0.2) is 30.9 Å². The van der Waals surface area contributed by atoms with Crippen LogP contribution in [-0.2, 0) is 4.79 Å². The number of hydrogen-bond acceptors (Lipinski definition) is 5. The van der Waals surface area contributed by atoms with Crippen LogP contribution in [0.2, 0.25) is 5.02 Å². The average Bonchev–Trinajstić information content (AvgIpc) is 3.26. The number of benzene rings is 1. The van der Waals surface area contributed by atoms with Gasteiger partial charge in [-0.05, 0) is 24.6 Å². The zero-order valence-electron chi connectivity index (χ0n) is 14.6. The lowest BCUT2D eigenvalue weighted by Gasteiger charge is -2.25. The van der Waals surface area contributed by atoms with Crippen molar-refractivity contribution in [1.82, 2.24) is 29.7 Å². The molecule has 4 heterocycles. The molecule has 1 amide bonds. The Labute approximate surface area is 162 Å². The van der Waals surface area contributed by atoms with Crippen molar-refractivity contribution in [2.24, 2.45) is 0 Å². The normalized spacial score (nSPS) is 16.2. The Morgan fingerprint density at radius 1 is 1.29 bits per heavy atom. The first-order valence-corrected chi connectivity index (χ1v) is 8.89. The molecule has 1 aromatic carbocycles. The molecule has 1 aliphatic heterocycles. The van der Waals surface area contributed by atoms with Crippen molar-refractivity contribution in [1.29, 1.82) is 0 Å². The lowest BCUT2D eigenvalue weighted by molar-refractivity contribution is -0.116. The van der Waals surface area contributed by atoms with Crippen LogP contribution < -0.4 is 5.32 Å². The number of rotatable bonds is 2. The number of carbonyl (C=O) groups excluding carboxylic acids is 1. The van der Waals surface area contributed by atoms with Gasteiger partial charge in [-0.25, -0.2) is 19.3 Å². The number of nitrogens with zero attached hydrogens (tertiary/aromatic N) is 5. The van der Waals surface area contributed by atoms with Crippen LogP contribution >= 0.6 is 11.6 Å². The summed E-state index contributed by atoms with van der Waals surface area (Å²) in [4.78, 5) is 28.0. The van der Waals surface area contributed by atoms with Gasteiger partial charge in [-0.3, -0.25) is 4.79 Å². The topological polar surface area (TPSA) is 101 Å². The summed E-state index contributed by atoms with van der Waals surface area (Å²) in [5.41, 5.74) is 3.30. The van der Waals surface area contributed by atoms with E-state index in [2.05, 4.69) is 30.4 Å². The number of halogens is 2. The molecule has 2 N–H and O–H groups in total. The number of carbonyl (C=O) groups is 1. The van der Waals surface area contributed by atoms with Gasteiger partial charge in [0.1, 0.15) is 23.5 Å². The van der Waals surface area contributed by atoms with Gasteiger partial charge in [0, 0.05) is 22.9 Å². The first kappa shape index (κ1) is 16.8. The van der Waals surface area contributed by atoms with Crippen LogP contribution in [0.5, 0.6) is 0 Å². The van der Waals surface area contributed by atoms with Gasteiger partial charge in [0.05, 0.1) is 12.0 Å². The lowest BCUT2D eigenvalue weighted by Crippen LogP contribution is -2.25. The molecule has 0 saturated heterocycles. The number of nitrogens with one attached hydrogen (secondary N) is 2. The molecule has 28 heavy (non-hydrogen) atoms. The van der Waals surface area contributed by atoms with Crippen LogP contribution in [0.4, 0.5) is 10.2 Å². The van der Waals surface area contributed by atoms with Crippen molar-refractivity contribution in [3.63, 3.8) is 0 Å². The molecule has 10 heteroatoms. The van der Waals surface area contributed by atoms with Gasteiger partial charge < -0.3 is 10.3 Å². The quantitative estimate of drug-likeness (QED) is 0.541. The van der Waals surface area contributed by atoms with E-state index >= 15 is 0 Å². The minimum Gasteiger partial charge on any atom is -0.340 e. The molecule has 0 bridgehead atoms. The maximum Gasteiger partial charge on any atom is 0.226 e. The van der Waals surface area contributed by atoms with Crippen molar-refractivity contribution >= 4 is 34.5 Å². The molecule has 4 aromatic rings. The van der Waals surface area contributed by atoms with E-state index in [0.29, 0.717) is 34.1 Å². The van der Waals surface area contributed by atoms with E-state index in [4.69, 9.17) is 11.6 Å². The fourth-order valence-corrected chi connectivity index (χ4v) is 3.96. The fourth-order valence-electron chi connectivity index (χ4n) is 3.66. The molecular formula is C18H13ClFN7O. The van der Waals surface area contributed by atoms with Crippen LogP contribution in [0.25, 0.3) is 17.0 Å². The minimum atomic E-state index is -0.427. The number of H-pyrrole nitrogens is 1. The van der Waals surface area contributed by atoms with Crippen LogP contribution in [0.1, 0.15) is 29.2 Å². The number of imidazole rings is 1. The average molecular weight is 398 g/mol. The van der Waals surface area contributed by atoms with Crippen molar-refractivity contribution in [2.45, 2.75) is 19.3 Å². The molecule has 0 aliphatic carbocycles. The summed E-state index contributed by atoms with van der Waals surface area (Å²) < 4.78 is 15.1. The zero-order chi connectivity index (χ0) is 19.4. The standard InChI is InChI=1S/C18H13ClFN7O/c1-8-14-11(10-3-2-9(20)4-12(10)19)5-13(28)25-17(14)27(26-8)18-15-16(22-6-21-15)23-7-24-18/h2-4,6-7,11H,5H2,1H3,(H,25,28)(H,21,22,23,24)/t11-/m1/s1. The van der Waals surface area contributed by atoms with E-state index < -0.39 is 5.82 Å². The van der Waals surface area contributed by atoms with Crippen molar-refractivity contribution in [3.8, 4) is 5.82 Å². The Hall–Kier alpha value is -3.33. The maximum atomic E-state index is 13.5. The third kappa shape index (κ3) is 2.47. The molecule has 140 valence electrons. The fraction of sp³-hybridized carbons (Fsp3) is 0.167. The van der Waals surface area contributed by atoms with Gasteiger partial charge >= 0.3 is 0 Å².